The Morgan fingerprint density at radius 3 is 2.92 bits per heavy atom. The summed E-state index contributed by atoms with van der Waals surface area (Å²) in [5, 5.41) is 6.35. The average molecular weight is 332 g/mol. The van der Waals surface area contributed by atoms with Crippen molar-refractivity contribution in [3.8, 4) is 22.6 Å². The molecule has 0 amide bonds. The lowest BCUT2D eigenvalue weighted by molar-refractivity contribution is 0.919. The minimum Gasteiger partial charge on any atom is -0.333 e. The van der Waals surface area contributed by atoms with Crippen molar-refractivity contribution in [1.82, 2.24) is 29.1 Å². The van der Waals surface area contributed by atoms with E-state index in [0.29, 0.717) is 0 Å². The summed E-state index contributed by atoms with van der Waals surface area (Å²) in [7, 11) is 1.97. The number of aromatic nitrogens is 6. The maximum Gasteiger partial charge on any atom is 0.158 e. The Labute approximate surface area is 141 Å². The minimum atomic E-state index is 0.833. The highest BCUT2D eigenvalue weighted by Crippen LogP contribution is 2.34. The Kier molecular flexibility index (Phi) is 2.77. The third kappa shape index (κ3) is 1.95. The fraction of sp³-hybridized carbons (Fsp3) is 0.0588. The fourth-order valence-electron chi connectivity index (χ4n) is 2.83. The number of imidazole rings is 1. The third-order valence-electron chi connectivity index (χ3n) is 4.05. The lowest BCUT2D eigenvalue weighted by Gasteiger charge is -2.04. The zero-order valence-electron chi connectivity index (χ0n) is 12.8. The van der Waals surface area contributed by atoms with Crippen molar-refractivity contribution in [1.29, 1.82) is 0 Å². The number of aryl methyl sites for hydroxylation is 1. The molecule has 5 aromatic rings. The molecule has 7 heteroatoms. The zero-order chi connectivity index (χ0) is 16.1. The molecule has 0 aromatic carbocycles. The van der Waals surface area contributed by atoms with E-state index in [1.165, 1.54) is 0 Å². The van der Waals surface area contributed by atoms with E-state index in [-0.39, 0.29) is 0 Å². The smallest absolute Gasteiger partial charge is 0.158 e. The molecular weight excluding hydrogens is 320 g/mol. The second kappa shape index (κ2) is 4.97. The number of fused-ring (bicyclic) bond motifs is 2. The van der Waals surface area contributed by atoms with Gasteiger partial charge in [-0.3, -0.25) is 0 Å². The normalized spacial score (nSPS) is 11.5. The lowest BCUT2D eigenvalue weighted by Crippen LogP contribution is -1.94. The van der Waals surface area contributed by atoms with E-state index >= 15 is 0 Å². The second-order valence-electron chi connectivity index (χ2n) is 5.53. The molecular formula is C17H12N6S. The van der Waals surface area contributed by atoms with Crippen molar-refractivity contribution in [2.24, 2.45) is 7.05 Å². The number of hydrogen-bond donors (Lipinski definition) is 0. The Morgan fingerprint density at radius 1 is 1.08 bits per heavy atom. The van der Waals surface area contributed by atoms with Crippen LogP contribution < -0.4 is 0 Å². The highest BCUT2D eigenvalue weighted by atomic mass is 32.1. The van der Waals surface area contributed by atoms with Crippen LogP contribution >= 0.6 is 11.3 Å². The topological polar surface area (TPSA) is 60.9 Å². The van der Waals surface area contributed by atoms with Crippen LogP contribution in [0.3, 0.4) is 0 Å². The molecule has 5 heterocycles. The zero-order valence-corrected chi connectivity index (χ0v) is 13.6. The van der Waals surface area contributed by atoms with Gasteiger partial charge in [0, 0.05) is 42.1 Å². The Morgan fingerprint density at radius 2 is 2.04 bits per heavy atom. The van der Waals surface area contributed by atoms with Gasteiger partial charge >= 0.3 is 0 Å². The lowest BCUT2D eigenvalue weighted by atomic mass is 10.1. The molecule has 0 unspecified atom stereocenters. The molecule has 0 radical (unpaired) electrons. The third-order valence-corrected chi connectivity index (χ3v) is 4.99. The number of pyridine rings is 2. The van der Waals surface area contributed by atoms with Gasteiger partial charge in [-0.2, -0.15) is 5.10 Å². The molecule has 0 aliphatic rings. The SMILES string of the molecule is Cn1ccnc1-c1ccc2scc(-c3ccc4ncnn4c3)c2n1. The molecule has 24 heavy (non-hydrogen) atoms. The van der Waals surface area contributed by atoms with Crippen LogP contribution in [0.4, 0.5) is 0 Å². The predicted molar refractivity (Wildman–Crippen MR) is 93.8 cm³/mol. The molecule has 0 aliphatic heterocycles. The molecule has 0 N–H and O–H groups in total. The van der Waals surface area contributed by atoms with Crippen LogP contribution in [0.25, 0.3) is 38.5 Å². The van der Waals surface area contributed by atoms with Crippen LogP contribution in [-0.4, -0.2) is 29.1 Å². The summed E-state index contributed by atoms with van der Waals surface area (Å²) in [4.78, 5) is 13.4. The van der Waals surface area contributed by atoms with Gasteiger partial charge in [-0.25, -0.2) is 19.5 Å². The molecule has 0 bridgehead atoms. The molecule has 0 saturated carbocycles. The first-order valence-electron chi connectivity index (χ1n) is 7.45. The molecule has 0 aliphatic carbocycles. The van der Waals surface area contributed by atoms with E-state index in [9.17, 15) is 0 Å². The van der Waals surface area contributed by atoms with E-state index in [0.717, 1.165) is 38.5 Å². The summed E-state index contributed by atoms with van der Waals surface area (Å²) >= 11 is 1.69. The van der Waals surface area contributed by atoms with Gasteiger partial charge in [0.15, 0.2) is 11.5 Å². The van der Waals surface area contributed by atoms with E-state index in [4.69, 9.17) is 4.98 Å². The summed E-state index contributed by atoms with van der Waals surface area (Å²) in [5.74, 6) is 0.862. The van der Waals surface area contributed by atoms with Gasteiger partial charge < -0.3 is 4.57 Å². The number of rotatable bonds is 2. The van der Waals surface area contributed by atoms with Gasteiger partial charge in [-0.05, 0) is 24.3 Å². The van der Waals surface area contributed by atoms with Crippen molar-refractivity contribution >= 4 is 27.2 Å². The molecule has 6 nitrogen and oxygen atoms in total. The Bertz CT molecular complexity index is 1180. The van der Waals surface area contributed by atoms with Gasteiger partial charge in [0.2, 0.25) is 0 Å². The first-order chi connectivity index (χ1) is 11.8. The van der Waals surface area contributed by atoms with Gasteiger partial charge in [-0.1, -0.05) is 0 Å². The van der Waals surface area contributed by atoms with Crippen LogP contribution in [0.1, 0.15) is 0 Å². The van der Waals surface area contributed by atoms with Gasteiger partial charge in [-0.15, -0.1) is 11.3 Å². The van der Waals surface area contributed by atoms with Crippen molar-refractivity contribution in [2.45, 2.75) is 0 Å². The number of nitrogens with zero attached hydrogens (tertiary/aromatic N) is 6. The molecule has 0 saturated heterocycles. The first-order valence-corrected chi connectivity index (χ1v) is 8.33. The summed E-state index contributed by atoms with van der Waals surface area (Å²) in [6.45, 7) is 0. The van der Waals surface area contributed by atoms with E-state index < -0.39 is 0 Å². The molecule has 0 atom stereocenters. The van der Waals surface area contributed by atoms with Gasteiger partial charge in [0.25, 0.3) is 0 Å². The molecule has 5 aromatic heterocycles. The molecule has 0 spiro atoms. The van der Waals surface area contributed by atoms with Crippen LogP contribution in [0.5, 0.6) is 0 Å². The van der Waals surface area contributed by atoms with Crippen LogP contribution in [0.2, 0.25) is 0 Å². The van der Waals surface area contributed by atoms with Gasteiger partial charge in [0.1, 0.15) is 12.0 Å². The second-order valence-corrected chi connectivity index (χ2v) is 6.45. The number of thiophene rings is 1. The molecule has 116 valence electrons. The van der Waals surface area contributed by atoms with E-state index in [2.05, 4.69) is 32.6 Å². The summed E-state index contributed by atoms with van der Waals surface area (Å²) < 4.78 is 4.91. The van der Waals surface area contributed by atoms with E-state index in [1.54, 1.807) is 28.4 Å². The average Bonchev–Trinajstić information content (AvgIpc) is 3.32. The molecule has 5 rings (SSSR count). The van der Waals surface area contributed by atoms with Crippen molar-refractivity contribution in [2.75, 3.05) is 0 Å². The quantitative estimate of drug-likeness (QED) is 0.497. The van der Waals surface area contributed by atoms with Crippen molar-refractivity contribution in [3.63, 3.8) is 0 Å². The summed E-state index contributed by atoms with van der Waals surface area (Å²) in [6.07, 6.45) is 7.25. The summed E-state index contributed by atoms with van der Waals surface area (Å²) in [6, 6.07) is 8.15. The monoisotopic (exact) mass is 332 g/mol. The van der Waals surface area contributed by atoms with Crippen molar-refractivity contribution < 1.29 is 0 Å². The summed E-state index contributed by atoms with van der Waals surface area (Å²) in [5.41, 5.74) is 4.86. The van der Waals surface area contributed by atoms with E-state index in [1.807, 2.05) is 36.1 Å². The minimum absolute atomic E-state index is 0.833. The Balaban J connectivity index is 1.72. The largest absolute Gasteiger partial charge is 0.333 e. The highest BCUT2D eigenvalue weighted by molar-refractivity contribution is 7.17. The first kappa shape index (κ1) is 13.4. The molecule has 0 fully saturated rings. The van der Waals surface area contributed by atoms with Crippen molar-refractivity contribution in [3.05, 3.63) is 54.6 Å². The standard InChI is InChI=1S/C17H12N6S/c1-22-7-6-18-17(22)13-3-4-14-16(21-13)12(9-24-14)11-2-5-15-19-10-20-23(15)8-11/h2-10H,1H3. The fourth-order valence-corrected chi connectivity index (χ4v) is 3.74. The van der Waals surface area contributed by atoms with Crippen LogP contribution in [0.15, 0.2) is 54.6 Å². The van der Waals surface area contributed by atoms with Gasteiger partial charge in [0.05, 0.1) is 10.2 Å². The number of hydrogen-bond acceptors (Lipinski definition) is 5. The Hall–Kier alpha value is -3.06. The predicted octanol–water partition coefficient (Wildman–Crippen LogP) is 3.41. The maximum absolute atomic E-state index is 4.86. The maximum atomic E-state index is 4.86. The highest BCUT2D eigenvalue weighted by Gasteiger charge is 2.12. The van der Waals surface area contributed by atoms with Crippen LogP contribution in [-0.2, 0) is 7.05 Å². The van der Waals surface area contributed by atoms with Crippen LogP contribution in [0, 0.1) is 0 Å².